The van der Waals surface area contributed by atoms with E-state index < -0.39 is 0 Å². The minimum Gasteiger partial charge on any atom is -0.618 e. The molecule has 0 spiro atoms. The Balaban J connectivity index is 1.58. The van der Waals surface area contributed by atoms with Crippen LogP contribution in [0.5, 0.6) is 5.75 Å². The molecule has 30 heavy (non-hydrogen) atoms. The lowest BCUT2D eigenvalue weighted by Crippen LogP contribution is -2.31. The van der Waals surface area contributed by atoms with Gasteiger partial charge in [-0.3, -0.25) is 4.79 Å². The molecule has 6 nitrogen and oxygen atoms in total. The average Bonchev–Trinajstić information content (AvgIpc) is 3.25. The Morgan fingerprint density at radius 2 is 1.87 bits per heavy atom. The number of carbonyl (C=O) groups is 1. The first-order valence-electron chi connectivity index (χ1n) is 9.55. The number of pyridine rings is 1. The standard InChI is InChI=1S/C23H21N3O3S/c1-29-19-12-10-18(11-13-19)21-15-20(17-7-3-2-4-8-17)24-26(21)22(27)16-30-23-9-5-6-14-25(23)28/h2-14,21H,15-16H2,1H3/t21-/m1/s1. The van der Waals surface area contributed by atoms with Crippen LogP contribution in [-0.4, -0.2) is 29.5 Å². The van der Waals surface area contributed by atoms with E-state index in [1.165, 1.54) is 18.0 Å². The Labute approximate surface area is 179 Å². The predicted molar refractivity (Wildman–Crippen MR) is 116 cm³/mol. The number of rotatable bonds is 6. The molecule has 152 valence electrons. The van der Waals surface area contributed by atoms with Crippen LogP contribution in [0.2, 0.25) is 0 Å². The number of ether oxygens (including phenoxy) is 1. The first-order valence-corrected chi connectivity index (χ1v) is 10.5. The van der Waals surface area contributed by atoms with Gasteiger partial charge in [0.05, 0.1) is 24.6 Å². The van der Waals surface area contributed by atoms with Crippen LogP contribution in [0.3, 0.4) is 0 Å². The maximum atomic E-state index is 13.1. The number of thioether (sulfide) groups is 1. The van der Waals surface area contributed by atoms with Crippen molar-refractivity contribution in [1.29, 1.82) is 0 Å². The second-order valence-corrected chi connectivity index (χ2v) is 7.79. The number of aromatic nitrogens is 1. The highest BCUT2D eigenvalue weighted by Crippen LogP contribution is 2.34. The van der Waals surface area contributed by atoms with Crippen molar-refractivity contribution >= 4 is 23.4 Å². The van der Waals surface area contributed by atoms with Gasteiger partial charge in [0.1, 0.15) is 5.75 Å². The van der Waals surface area contributed by atoms with Crippen molar-refractivity contribution < 1.29 is 14.3 Å². The summed E-state index contributed by atoms with van der Waals surface area (Å²) in [7, 11) is 1.63. The van der Waals surface area contributed by atoms with Crippen molar-refractivity contribution in [3.05, 3.63) is 95.3 Å². The second kappa shape index (κ2) is 9.00. The average molecular weight is 420 g/mol. The Morgan fingerprint density at radius 1 is 1.13 bits per heavy atom. The van der Waals surface area contributed by atoms with E-state index in [1.54, 1.807) is 30.3 Å². The summed E-state index contributed by atoms with van der Waals surface area (Å²) in [6.07, 6.45) is 2.05. The maximum absolute atomic E-state index is 13.1. The topological polar surface area (TPSA) is 68.8 Å². The molecule has 0 saturated heterocycles. The smallest absolute Gasteiger partial charge is 0.253 e. The molecule has 2 heterocycles. The van der Waals surface area contributed by atoms with Gasteiger partial charge in [0.25, 0.3) is 10.9 Å². The molecule has 4 rings (SSSR count). The van der Waals surface area contributed by atoms with Crippen LogP contribution in [0.4, 0.5) is 0 Å². The molecule has 1 amide bonds. The molecule has 0 aliphatic carbocycles. The molecule has 0 N–H and O–H groups in total. The fourth-order valence-corrected chi connectivity index (χ4v) is 4.12. The molecular formula is C23H21N3O3S. The number of hydrogen-bond acceptors (Lipinski definition) is 5. The lowest BCUT2D eigenvalue weighted by Gasteiger charge is -2.22. The molecule has 1 atom stereocenters. The first kappa shape index (κ1) is 20.0. The zero-order valence-electron chi connectivity index (χ0n) is 16.5. The summed E-state index contributed by atoms with van der Waals surface area (Å²) in [5, 5.41) is 18.6. The molecule has 0 bridgehead atoms. The SMILES string of the molecule is COc1ccc([C@H]2CC(c3ccccc3)=NN2C(=O)CSc2cccc[n+]2[O-])cc1. The summed E-state index contributed by atoms with van der Waals surface area (Å²) >= 11 is 1.21. The summed E-state index contributed by atoms with van der Waals surface area (Å²) in [5.41, 5.74) is 2.86. The summed E-state index contributed by atoms with van der Waals surface area (Å²) in [5.74, 6) is 0.749. The van der Waals surface area contributed by atoms with E-state index in [2.05, 4.69) is 5.10 Å². The molecule has 0 fully saturated rings. The zero-order chi connectivity index (χ0) is 20.9. The van der Waals surface area contributed by atoms with Crippen LogP contribution < -0.4 is 9.47 Å². The third-order valence-electron chi connectivity index (χ3n) is 4.91. The maximum Gasteiger partial charge on any atom is 0.253 e. The number of nitrogens with zero attached hydrogens (tertiary/aromatic N) is 3. The van der Waals surface area contributed by atoms with Gasteiger partial charge in [-0.25, -0.2) is 5.01 Å². The Bertz CT molecular complexity index is 1050. The monoisotopic (exact) mass is 419 g/mol. The van der Waals surface area contributed by atoms with E-state index in [4.69, 9.17) is 4.74 Å². The van der Waals surface area contributed by atoms with Gasteiger partial charge < -0.3 is 9.94 Å². The van der Waals surface area contributed by atoms with Gasteiger partial charge in [-0.2, -0.15) is 9.83 Å². The fraction of sp³-hybridized carbons (Fsp3) is 0.174. The third-order valence-corrected chi connectivity index (χ3v) is 5.91. The third kappa shape index (κ3) is 4.31. The molecule has 0 unspecified atom stereocenters. The van der Waals surface area contributed by atoms with Crippen LogP contribution in [0.1, 0.15) is 23.6 Å². The molecule has 2 aromatic carbocycles. The Hall–Kier alpha value is -3.32. The van der Waals surface area contributed by atoms with Gasteiger partial charge in [0.15, 0.2) is 6.20 Å². The van der Waals surface area contributed by atoms with Crippen molar-refractivity contribution in [3.8, 4) is 5.75 Å². The molecule has 1 aliphatic rings. The van der Waals surface area contributed by atoms with Crippen molar-refractivity contribution in [3.63, 3.8) is 0 Å². The highest BCUT2D eigenvalue weighted by atomic mass is 32.2. The van der Waals surface area contributed by atoms with Crippen LogP contribution in [-0.2, 0) is 4.79 Å². The van der Waals surface area contributed by atoms with E-state index in [0.29, 0.717) is 11.4 Å². The number of methoxy groups -OCH3 is 1. The van der Waals surface area contributed by atoms with Crippen LogP contribution in [0.15, 0.2) is 89.1 Å². The van der Waals surface area contributed by atoms with Crippen molar-refractivity contribution in [2.45, 2.75) is 17.5 Å². The van der Waals surface area contributed by atoms with E-state index in [9.17, 15) is 10.0 Å². The normalized spacial score (nSPS) is 15.7. The molecular weight excluding hydrogens is 398 g/mol. The number of amides is 1. The van der Waals surface area contributed by atoms with Crippen LogP contribution in [0, 0.1) is 5.21 Å². The van der Waals surface area contributed by atoms with Gasteiger partial charge >= 0.3 is 0 Å². The lowest BCUT2D eigenvalue weighted by atomic mass is 9.98. The van der Waals surface area contributed by atoms with Crippen LogP contribution >= 0.6 is 11.8 Å². The summed E-state index contributed by atoms with van der Waals surface area (Å²) < 4.78 is 6.02. The van der Waals surface area contributed by atoms with Crippen molar-refractivity contribution in [2.24, 2.45) is 5.10 Å². The molecule has 0 saturated carbocycles. The molecule has 0 radical (unpaired) electrons. The van der Waals surface area contributed by atoms with Gasteiger partial charge in [-0.1, -0.05) is 42.5 Å². The van der Waals surface area contributed by atoms with E-state index >= 15 is 0 Å². The Morgan fingerprint density at radius 3 is 2.57 bits per heavy atom. The van der Waals surface area contributed by atoms with Gasteiger partial charge in [-0.15, -0.1) is 0 Å². The highest BCUT2D eigenvalue weighted by Gasteiger charge is 2.33. The van der Waals surface area contributed by atoms with Crippen molar-refractivity contribution in [2.75, 3.05) is 12.9 Å². The van der Waals surface area contributed by atoms with Crippen molar-refractivity contribution in [1.82, 2.24) is 5.01 Å². The van der Waals surface area contributed by atoms with Gasteiger partial charge in [-0.05, 0) is 41.1 Å². The highest BCUT2D eigenvalue weighted by molar-refractivity contribution is 7.99. The predicted octanol–water partition coefficient (Wildman–Crippen LogP) is 3.80. The van der Waals surface area contributed by atoms with Gasteiger partial charge in [0, 0.05) is 18.6 Å². The minimum absolute atomic E-state index is 0.129. The molecule has 1 aromatic heterocycles. The summed E-state index contributed by atoms with van der Waals surface area (Å²) in [6.45, 7) is 0. The summed E-state index contributed by atoms with van der Waals surface area (Å²) in [4.78, 5) is 13.1. The van der Waals surface area contributed by atoms with E-state index in [0.717, 1.165) is 27.3 Å². The number of carbonyl (C=O) groups excluding carboxylic acids is 1. The number of benzene rings is 2. The molecule has 3 aromatic rings. The second-order valence-electron chi connectivity index (χ2n) is 6.80. The minimum atomic E-state index is -0.200. The number of hydrazone groups is 1. The van der Waals surface area contributed by atoms with Gasteiger partial charge in [0.2, 0.25) is 0 Å². The van der Waals surface area contributed by atoms with Crippen LogP contribution in [0.25, 0.3) is 0 Å². The van der Waals surface area contributed by atoms with E-state index in [-0.39, 0.29) is 17.7 Å². The quantitative estimate of drug-likeness (QED) is 0.346. The lowest BCUT2D eigenvalue weighted by molar-refractivity contribution is -0.645. The van der Waals surface area contributed by atoms with E-state index in [1.807, 2.05) is 54.6 Å². The number of hydrogen-bond donors (Lipinski definition) is 0. The largest absolute Gasteiger partial charge is 0.618 e. The fourth-order valence-electron chi connectivity index (χ4n) is 3.36. The molecule has 1 aliphatic heterocycles. The zero-order valence-corrected chi connectivity index (χ0v) is 17.3. The Kier molecular flexibility index (Phi) is 5.99. The first-order chi connectivity index (χ1) is 14.7. The molecule has 7 heteroatoms. The summed E-state index contributed by atoms with van der Waals surface area (Å²) in [6, 6.07) is 22.5.